The number of carbonyl (C=O) groups is 1. The van der Waals surface area contributed by atoms with Crippen LogP contribution in [-0.2, 0) is 21.1 Å². The fourth-order valence-electron chi connectivity index (χ4n) is 1.94. The molecule has 0 saturated heterocycles. The fourth-order valence-corrected chi connectivity index (χ4v) is 2.45. The van der Waals surface area contributed by atoms with Gasteiger partial charge in [0.05, 0.1) is 0 Å². The van der Waals surface area contributed by atoms with Gasteiger partial charge in [0.1, 0.15) is 5.82 Å². The fraction of sp³-hybridized carbons (Fsp3) is 0.267. The zero-order valence-electron chi connectivity index (χ0n) is 12.6. The number of aryl methyl sites for hydroxylation is 1. The molecule has 8 heteroatoms. The first-order chi connectivity index (χ1) is 10.8. The van der Waals surface area contributed by atoms with E-state index in [1.165, 1.54) is 6.20 Å². The van der Waals surface area contributed by atoms with Crippen molar-refractivity contribution < 1.29 is 18.3 Å². The lowest BCUT2D eigenvalue weighted by atomic mass is 10.1. The number of rotatable bonds is 7. The van der Waals surface area contributed by atoms with Gasteiger partial charge in [-0.25, -0.2) is 18.4 Å². The summed E-state index contributed by atoms with van der Waals surface area (Å²) in [5.74, 6) is -0.409. The average Bonchev–Trinajstić information content (AvgIpc) is 2.48. The monoisotopic (exact) mass is 335 g/mol. The van der Waals surface area contributed by atoms with Gasteiger partial charge in [-0.2, -0.15) is 0 Å². The van der Waals surface area contributed by atoms with Crippen LogP contribution in [0.5, 0.6) is 0 Å². The summed E-state index contributed by atoms with van der Waals surface area (Å²) in [6, 6.07) is 9.03. The molecule has 0 unspecified atom stereocenters. The smallest absolute Gasteiger partial charge is 0.303 e. The van der Waals surface area contributed by atoms with Crippen LogP contribution in [0.2, 0.25) is 0 Å². The third kappa shape index (κ3) is 5.33. The van der Waals surface area contributed by atoms with Crippen molar-refractivity contribution in [2.45, 2.75) is 24.4 Å². The van der Waals surface area contributed by atoms with Crippen molar-refractivity contribution in [3.8, 4) is 0 Å². The van der Waals surface area contributed by atoms with E-state index in [4.69, 9.17) is 5.11 Å². The summed E-state index contributed by atoms with van der Waals surface area (Å²) in [5, 5.41) is 11.4. The molecule has 2 N–H and O–H groups in total. The number of benzene rings is 1. The number of sulfone groups is 1. The van der Waals surface area contributed by atoms with E-state index in [2.05, 4.69) is 15.3 Å². The van der Waals surface area contributed by atoms with Crippen LogP contribution in [-0.4, -0.2) is 35.7 Å². The molecule has 23 heavy (non-hydrogen) atoms. The molecule has 1 aromatic carbocycles. The molecule has 0 saturated carbocycles. The van der Waals surface area contributed by atoms with Gasteiger partial charge in [0.15, 0.2) is 0 Å². The SMILES string of the molecule is CS(=O)(=O)c1nccc(Nc2ccc(CCCC(=O)O)cc2)n1. The maximum atomic E-state index is 11.4. The predicted octanol–water partition coefficient (Wildman–Crippen LogP) is 2.03. The van der Waals surface area contributed by atoms with Crippen LogP contribution in [0.3, 0.4) is 0 Å². The minimum Gasteiger partial charge on any atom is -0.481 e. The Morgan fingerprint density at radius 2 is 1.91 bits per heavy atom. The first-order valence-corrected chi connectivity index (χ1v) is 8.84. The predicted molar refractivity (Wildman–Crippen MR) is 85.4 cm³/mol. The topological polar surface area (TPSA) is 109 Å². The minimum absolute atomic E-state index is 0.148. The number of anilines is 2. The highest BCUT2D eigenvalue weighted by Crippen LogP contribution is 2.17. The molecule has 2 rings (SSSR count). The van der Waals surface area contributed by atoms with Crippen molar-refractivity contribution in [2.75, 3.05) is 11.6 Å². The Hall–Kier alpha value is -2.48. The third-order valence-electron chi connectivity index (χ3n) is 3.05. The summed E-state index contributed by atoms with van der Waals surface area (Å²) < 4.78 is 22.9. The second-order valence-electron chi connectivity index (χ2n) is 5.07. The molecule has 0 amide bonds. The number of hydrogen-bond acceptors (Lipinski definition) is 6. The molecule has 122 valence electrons. The summed E-state index contributed by atoms with van der Waals surface area (Å²) >= 11 is 0. The van der Waals surface area contributed by atoms with Gasteiger partial charge in [0, 0.05) is 24.6 Å². The zero-order valence-corrected chi connectivity index (χ0v) is 13.4. The van der Waals surface area contributed by atoms with Gasteiger partial charge in [-0.1, -0.05) is 12.1 Å². The molecule has 0 atom stereocenters. The Bertz CT molecular complexity index is 789. The van der Waals surface area contributed by atoms with Gasteiger partial charge in [-0.15, -0.1) is 0 Å². The molecule has 0 spiro atoms. The van der Waals surface area contributed by atoms with Crippen molar-refractivity contribution in [2.24, 2.45) is 0 Å². The van der Waals surface area contributed by atoms with E-state index in [0.29, 0.717) is 18.7 Å². The molecular weight excluding hydrogens is 318 g/mol. The van der Waals surface area contributed by atoms with E-state index in [-0.39, 0.29) is 11.6 Å². The number of nitrogens with zero attached hydrogens (tertiary/aromatic N) is 2. The average molecular weight is 335 g/mol. The van der Waals surface area contributed by atoms with Crippen LogP contribution in [0.15, 0.2) is 41.7 Å². The highest BCUT2D eigenvalue weighted by molar-refractivity contribution is 7.90. The second kappa shape index (κ2) is 7.19. The van der Waals surface area contributed by atoms with E-state index >= 15 is 0 Å². The maximum Gasteiger partial charge on any atom is 0.303 e. The Kier molecular flexibility index (Phi) is 5.28. The van der Waals surface area contributed by atoms with Crippen molar-refractivity contribution in [1.82, 2.24) is 9.97 Å². The molecule has 0 fully saturated rings. The van der Waals surface area contributed by atoms with E-state index in [1.54, 1.807) is 6.07 Å². The Balaban J connectivity index is 2.02. The third-order valence-corrected chi connectivity index (χ3v) is 3.91. The number of nitrogens with one attached hydrogen (secondary N) is 1. The van der Waals surface area contributed by atoms with Crippen LogP contribution in [0.25, 0.3) is 0 Å². The summed E-state index contributed by atoms with van der Waals surface area (Å²) in [5.41, 5.74) is 1.79. The van der Waals surface area contributed by atoms with Gasteiger partial charge in [-0.05, 0) is 36.6 Å². The van der Waals surface area contributed by atoms with Crippen molar-refractivity contribution in [1.29, 1.82) is 0 Å². The Morgan fingerprint density at radius 1 is 1.22 bits per heavy atom. The van der Waals surface area contributed by atoms with Crippen LogP contribution in [0, 0.1) is 0 Å². The molecule has 0 bridgehead atoms. The molecule has 1 heterocycles. The molecule has 1 aromatic heterocycles. The van der Waals surface area contributed by atoms with Crippen molar-refractivity contribution in [3.63, 3.8) is 0 Å². The lowest BCUT2D eigenvalue weighted by Crippen LogP contribution is -2.05. The normalized spacial score (nSPS) is 11.2. The van der Waals surface area contributed by atoms with Gasteiger partial charge in [-0.3, -0.25) is 4.79 Å². The maximum absolute atomic E-state index is 11.4. The molecule has 0 aliphatic heterocycles. The van der Waals surface area contributed by atoms with E-state index < -0.39 is 15.8 Å². The number of aromatic nitrogens is 2. The Labute approximate surface area is 134 Å². The number of carboxylic acid groups (broad SMARTS) is 1. The summed E-state index contributed by atoms with van der Waals surface area (Å²) in [4.78, 5) is 18.2. The van der Waals surface area contributed by atoms with Gasteiger partial charge in [0.2, 0.25) is 15.0 Å². The molecule has 7 nitrogen and oxygen atoms in total. The molecule has 0 aliphatic rings. The largest absolute Gasteiger partial charge is 0.481 e. The second-order valence-corrected chi connectivity index (χ2v) is 6.98. The number of carboxylic acids is 1. The van der Waals surface area contributed by atoms with Crippen molar-refractivity contribution in [3.05, 3.63) is 42.1 Å². The zero-order chi connectivity index (χ0) is 16.9. The van der Waals surface area contributed by atoms with Gasteiger partial charge >= 0.3 is 5.97 Å². The van der Waals surface area contributed by atoms with E-state index in [1.807, 2.05) is 24.3 Å². The first kappa shape index (κ1) is 16.9. The molecular formula is C15H17N3O4S. The molecule has 0 radical (unpaired) electrons. The van der Waals surface area contributed by atoms with Crippen molar-refractivity contribution >= 4 is 27.3 Å². The first-order valence-electron chi connectivity index (χ1n) is 6.95. The summed E-state index contributed by atoms with van der Waals surface area (Å²) in [6.45, 7) is 0. The van der Waals surface area contributed by atoms with Crippen LogP contribution in [0.1, 0.15) is 18.4 Å². The highest BCUT2D eigenvalue weighted by Gasteiger charge is 2.11. The highest BCUT2D eigenvalue weighted by atomic mass is 32.2. The lowest BCUT2D eigenvalue weighted by Gasteiger charge is -2.07. The minimum atomic E-state index is -3.45. The quantitative estimate of drug-likeness (QED) is 0.745. The Morgan fingerprint density at radius 3 is 2.52 bits per heavy atom. The lowest BCUT2D eigenvalue weighted by molar-refractivity contribution is -0.137. The number of aliphatic carboxylic acids is 1. The van der Waals surface area contributed by atoms with Crippen LogP contribution in [0.4, 0.5) is 11.5 Å². The molecule has 2 aromatic rings. The number of hydrogen-bond donors (Lipinski definition) is 2. The van der Waals surface area contributed by atoms with Gasteiger partial charge < -0.3 is 10.4 Å². The van der Waals surface area contributed by atoms with Gasteiger partial charge in [0.25, 0.3) is 0 Å². The van der Waals surface area contributed by atoms with E-state index in [0.717, 1.165) is 17.5 Å². The van der Waals surface area contributed by atoms with E-state index in [9.17, 15) is 13.2 Å². The molecule has 0 aliphatic carbocycles. The summed E-state index contributed by atoms with van der Waals surface area (Å²) in [6.07, 6.45) is 3.86. The van der Waals surface area contributed by atoms with Crippen LogP contribution < -0.4 is 5.32 Å². The summed E-state index contributed by atoms with van der Waals surface area (Å²) in [7, 11) is -3.45. The standard InChI is InChI=1S/C15H17N3O4S/c1-23(21,22)15-16-10-9-13(18-15)17-12-7-5-11(6-8-12)3-2-4-14(19)20/h5-10H,2-4H2,1H3,(H,19,20)(H,16,17,18). The van der Waals surface area contributed by atoms with Crippen LogP contribution >= 0.6 is 0 Å².